The van der Waals surface area contributed by atoms with Gasteiger partial charge in [-0.1, -0.05) is 80.5 Å². The van der Waals surface area contributed by atoms with Gasteiger partial charge in [0, 0.05) is 0 Å². The molecule has 0 bridgehead atoms. The SMILES string of the molecule is COC(=O)[C@H]1CC[C@H]2[C@@H]3CC=C4CC([Si](C)(C)c5ccccc5)CC[C@]4(C)[C@H]3CC[C@]12C. The van der Waals surface area contributed by atoms with Gasteiger partial charge < -0.3 is 4.74 Å². The number of methoxy groups -OCH3 is 1. The Kier molecular flexibility index (Phi) is 5.51. The first-order valence-corrected chi connectivity index (χ1v) is 16.1. The van der Waals surface area contributed by atoms with Crippen molar-refractivity contribution in [3.63, 3.8) is 0 Å². The highest BCUT2D eigenvalue weighted by molar-refractivity contribution is 6.91. The van der Waals surface area contributed by atoms with Crippen LogP contribution in [0.2, 0.25) is 18.6 Å². The van der Waals surface area contributed by atoms with Gasteiger partial charge in [0.1, 0.15) is 0 Å². The van der Waals surface area contributed by atoms with E-state index in [0.717, 1.165) is 23.8 Å². The van der Waals surface area contributed by atoms with Crippen molar-refractivity contribution in [1.29, 1.82) is 0 Å². The molecule has 0 spiro atoms. The van der Waals surface area contributed by atoms with E-state index in [-0.39, 0.29) is 17.3 Å². The fraction of sp³-hybridized carbons (Fsp3) is 0.690. The lowest BCUT2D eigenvalue weighted by Crippen LogP contribution is -2.53. The van der Waals surface area contributed by atoms with Crippen LogP contribution >= 0.6 is 0 Å². The van der Waals surface area contributed by atoms with Crippen LogP contribution in [0.15, 0.2) is 42.0 Å². The van der Waals surface area contributed by atoms with Gasteiger partial charge in [0.15, 0.2) is 0 Å². The maximum Gasteiger partial charge on any atom is 0.309 e. The molecule has 1 aromatic carbocycles. The van der Waals surface area contributed by atoms with E-state index < -0.39 is 8.07 Å². The van der Waals surface area contributed by atoms with Crippen molar-refractivity contribution in [3.8, 4) is 0 Å². The van der Waals surface area contributed by atoms with Crippen LogP contribution in [0.1, 0.15) is 65.2 Å². The average Bonchev–Trinajstić information content (AvgIpc) is 3.15. The van der Waals surface area contributed by atoms with Gasteiger partial charge in [-0.25, -0.2) is 0 Å². The summed E-state index contributed by atoms with van der Waals surface area (Å²) in [7, 11) is 0.0865. The van der Waals surface area contributed by atoms with Gasteiger partial charge in [0.25, 0.3) is 0 Å². The minimum Gasteiger partial charge on any atom is -0.469 e. The van der Waals surface area contributed by atoms with Crippen molar-refractivity contribution in [3.05, 3.63) is 42.0 Å². The molecule has 32 heavy (non-hydrogen) atoms. The van der Waals surface area contributed by atoms with Crippen molar-refractivity contribution < 1.29 is 9.53 Å². The lowest BCUT2D eigenvalue weighted by Gasteiger charge is -2.58. The van der Waals surface area contributed by atoms with Gasteiger partial charge in [-0.3, -0.25) is 4.79 Å². The molecule has 0 aromatic heterocycles. The standard InChI is InChI=1S/C29H42O2Si/c1-28-17-15-22(32(4,5)21-9-7-6-8-10-21)19-20(28)11-12-23-24-13-14-26(27(30)31-3)29(24,2)18-16-25(23)28/h6-11,22-26H,12-19H2,1-5H3/t22?,23-,24-,25-,26+,28-,29-/m0/s1. The Bertz CT molecular complexity index is 905. The zero-order valence-electron chi connectivity index (χ0n) is 20.8. The maximum atomic E-state index is 12.5. The predicted molar refractivity (Wildman–Crippen MR) is 135 cm³/mol. The number of hydrogen-bond acceptors (Lipinski definition) is 2. The molecule has 0 N–H and O–H groups in total. The fourth-order valence-electron chi connectivity index (χ4n) is 8.91. The number of benzene rings is 1. The summed E-state index contributed by atoms with van der Waals surface area (Å²) in [4.78, 5) is 12.5. The van der Waals surface area contributed by atoms with Gasteiger partial charge in [-0.15, -0.1) is 0 Å². The molecule has 0 radical (unpaired) electrons. The van der Waals surface area contributed by atoms with Gasteiger partial charge in [0.05, 0.1) is 21.1 Å². The smallest absolute Gasteiger partial charge is 0.309 e. The molecule has 5 rings (SSSR count). The Labute approximate surface area is 196 Å². The molecule has 0 amide bonds. The van der Waals surface area contributed by atoms with Crippen LogP contribution in [0.4, 0.5) is 0 Å². The van der Waals surface area contributed by atoms with Gasteiger partial charge in [-0.05, 0) is 79.1 Å². The first kappa shape index (κ1) is 22.4. The monoisotopic (exact) mass is 450 g/mol. The Morgan fingerprint density at radius 2 is 1.75 bits per heavy atom. The highest BCUT2D eigenvalue weighted by atomic mass is 28.3. The molecule has 0 aliphatic heterocycles. The minimum atomic E-state index is -1.48. The lowest BCUT2D eigenvalue weighted by atomic mass is 9.47. The lowest BCUT2D eigenvalue weighted by molar-refractivity contribution is -0.152. The quantitative estimate of drug-likeness (QED) is 0.290. The van der Waals surface area contributed by atoms with E-state index in [1.54, 1.807) is 17.9 Å². The summed E-state index contributed by atoms with van der Waals surface area (Å²) in [6.07, 6.45) is 12.7. The number of allylic oxidation sites excluding steroid dienone is 2. The highest BCUT2D eigenvalue weighted by Gasteiger charge is 2.60. The molecule has 3 heteroatoms. The van der Waals surface area contributed by atoms with E-state index in [9.17, 15) is 4.79 Å². The molecule has 1 unspecified atom stereocenters. The van der Waals surface area contributed by atoms with E-state index in [1.807, 2.05) is 0 Å². The summed E-state index contributed by atoms with van der Waals surface area (Å²) in [6.45, 7) is 10.2. The topological polar surface area (TPSA) is 26.3 Å². The predicted octanol–water partition coefficient (Wildman–Crippen LogP) is 6.72. The molecule has 3 fully saturated rings. The zero-order chi connectivity index (χ0) is 22.7. The third-order valence-electron chi connectivity index (χ3n) is 11.1. The molecule has 0 saturated heterocycles. The molecule has 1 aromatic rings. The van der Waals surface area contributed by atoms with Crippen molar-refractivity contribution >= 4 is 19.2 Å². The minimum absolute atomic E-state index is 0.0420. The Hall–Kier alpha value is -1.35. The summed E-state index contributed by atoms with van der Waals surface area (Å²) in [6, 6.07) is 11.4. The third kappa shape index (κ3) is 3.21. The van der Waals surface area contributed by atoms with Gasteiger partial charge in [0.2, 0.25) is 0 Å². The number of carbonyl (C=O) groups excluding carboxylic acids is 1. The number of fused-ring (bicyclic) bond motifs is 5. The van der Waals surface area contributed by atoms with Crippen LogP contribution in [0.3, 0.4) is 0 Å². The average molecular weight is 451 g/mol. The Balaban J connectivity index is 1.39. The van der Waals surface area contributed by atoms with E-state index in [4.69, 9.17) is 4.74 Å². The first-order valence-electron chi connectivity index (χ1n) is 13.0. The summed E-state index contributed by atoms with van der Waals surface area (Å²) >= 11 is 0. The second-order valence-corrected chi connectivity index (χ2v) is 17.3. The van der Waals surface area contributed by atoms with Gasteiger partial charge >= 0.3 is 5.97 Å². The zero-order valence-corrected chi connectivity index (χ0v) is 21.8. The van der Waals surface area contributed by atoms with Crippen molar-refractivity contribution in [2.75, 3.05) is 7.11 Å². The number of ether oxygens (including phenoxy) is 1. The summed E-state index contributed by atoms with van der Waals surface area (Å²) in [5, 5.41) is 1.62. The molecule has 4 aliphatic carbocycles. The normalized spacial score (nSPS) is 41.2. The molecular formula is C29H42O2Si. The maximum absolute atomic E-state index is 12.5. The van der Waals surface area contributed by atoms with Crippen molar-refractivity contribution in [1.82, 2.24) is 0 Å². The number of esters is 1. The third-order valence-corrected chi connectivity index (χ3v) is 15.5. The van der Waals surface area contributed by atoms with Crippen LogP contribution in [-0.4, -0.2) is 21.2 Å². The van der Waals surface area contributed by atoms with Crippen molar-refractivity contribution in [2.45, 2.75) is 83.8 Å². The summed E-state index contributed by atoms with van der Waals surface area (Å²) in [5.41, 5.74) is 3.17. The van der Waals surface area contributed by atoms with Gasteiger partial charge in [-0.2, -0.15) is 0 Å². The number of hydrogen-bond donors (Lipinski definition) is 0. The largest absolute Gasteiger partial charge is 0.469 e. The highest BCUT2D eigenvalue weighted by Crippen LogP contribution is 2.67. The summed E-state index contributed by atoms with van der Waals surface area (Å²) in [5.74, 6) is 2.41. The van der Waals surface area contributed by atoms with E-state index in [2.05, 4.69) is 63.3 Å². The number of carbonyl (C=O) groups is 1. The van der Waals surface area contributed by atoms with Crippen LogP contribution in [0.5, 0.6) is 0 Å². The Morgan fingerprint density at radius 1 is 1.00 bits per heavy atom. The van der Waals surface area contributed by atoms with E-state index in [0.29, 0.717) is 11.3 Å². The van der Waals surface area contributed by atoms with Crippen LogP contribution < -0.4 is 5.19 Å². The Morgan fingerprint density at radius 3 is 2.47 bits per heavy atom. The molecule has 174 valence electrons. The molecule has 2 nitrogen and oxygen atoms in total. The molecule has 4 aliphatic rings. The molecule has 7 atom stereocenters. The fourth-order valence-corrected chi connectivity index (χ4v) is 12.0. The molecular weight excluding hydrogens is 408 g/mol. The second kappa shape index (κ2) is 7.86. The van der Waals surface area contributed by atoms with Crippen LogP contribution in [-0.2, 0) is 9.53 Å². The van der Waals surface area contributed by atoms with Crippen molar-refractivity contribution in [2.24, 2.45) is 34.5 Å². The number of rotatable bonds is 3. The van der Waals surface area contributed by atoms with Crippen LogP contribution in [0.25, 0.3) is 0 Å². The van der Waals surface area contributed by atoms with E-state index in [1.165, 1.54) is 44.9 Å². The molecule has 0 heterocycles. The molecule has 3 saturated carbocycles. The van der Waals surface area contributed by atoms with Crippen LogP contribution in [0, 0.1) is 34.5 Å². The summed E-state index contributed by atoms with van der Waals surface area (Å²) < 4.78 is 5.22. The first-order chi connectivity index (χ1) is 15.2. The van der Waals surface area contributed by atoms with E-state index >= 15 is 0 Å². The second-order valence-electron chi connectivity index (χ2n) is 12.5.